The van der Waals surface area contributed by atoms with Crippen molar-refractivity contribution in [2.24, 2.45) is 0 Å². The second-order valence-corrected chi connectivity index (χ2v) is 7.05. The third-order valence-electron chi connectivity index (χ3n) is 5.01. The van der Waals surface area contributed by atoms with Crippen LogP contribution in [0.1, 0.15) is 41.5 Å². The van der Waals surface area contributed by atoms with Gasteiger partial charge in [0, 0.05) is 6.54 Å². The van der Waals surface area contributed by atoms with Crippen molar-refractivity contribution < 1.29 is 13.9 Å². The average molecular weight is 356 g/mol. The zero-order valence-electron chi connectivity index (χ0n) is 15.9. The van der Waals surface area contributed by atoms with Crippen molar-refractivity contribution in [3.8, 4) is 5.75 Å². The van der Waals surface area contributed by atoms with Gasteiger partial charge in [-0.15, -0.1) is 0 Å². The van der Waals surface area contributed by atoms with E-state index in [0.717, 1.165) is 35.9 Å². The van der Waals surface area contributed by atoms with Gasteiger partial charge in [-0.1, -0.05) is 6.07 Å². The summed E-state index contributed by atoms with van der Waals surface area (Å²) in [5.41, 5.74) is 2.37. The molecule has 2 heterocycles. The molecule has 1 aliphatic heterocycles. The van der Waals surface area contributed by atoms with E-state index >= 15 is 0 Å². The lowest BCUT2D eigenvalue weighted by molar-refractivity contribution is -0.123. The third kappa shape index (κ3) is 4.67. The van der Waals surface area contributed by atoms with Crippen molar-refractivity contribution in [2.45, 2.75) is 39.7 Å². The highest BCUT2D eigenvalue weighted by molar-refractivity contribution is 5.77. The van der Waals surface area contributed by atoms with Crippen LogP contribution in [0.5, 0.6) is 5.75 Å². The maximum atomic E-state index is 12.2. The van der Waals surface area contributed by atoms with Gasteiger partial charge in [-0.2, -0.15) is 0 Å². The number of nitrogens with zero attached hydrogens (tertiary/aromatic N) is 1. The molecule has 5 heteroatoms. The van der Waals surface area contributed by atoms with E-state index in [1.54, 1.807) is 0 Å². The number of likely N-dealkylation sites (tertiary alicyclic amines) is 1. The van der Waals surface area contributed by atoms with E-state index < -0.39 is 0 Å². The van der Waals surface area contributed by atoms with Gasteiger partial charge in [0.15, 0.2) is 6.61 Å². The fourth-order valence-electron chi connectivity index (χ4n) is 3.31. The molecule has 0 spiro atoms. The van der Waals surface area contributed by atoms with Crippen molar-refractivity contribution in [1.82, 2.24) is 10.2 Å². The number of amides is 1. The summed E-state index contributed by atoms with van der Waals surface area (Å²) in [7, 11) is 0. The van der Waals surface area contributed by atoms with E-state index in [0.29, 0.717) is 6.54 Å². The quantitative estimate of drug-likeness (QED) is 0.824. The Kier molecular flexibility index (Phi) is 5.99. The molecule has 0 bridgehead atoms. The van der Waals surface area contributed by atoms with Gasteiger partial charge in [0.05, 0.1) is 6.04 Å². The Bertz CT molecular complexity index is 747. The van der Waals surface area contributed by atoms with Crippen LogP contribution in [0.15, 0.2) is 34.7 Å². The van der Waals surface area contributed by atoms with Gasteiger partial charge >= 0.3 is 0 Å². The van der Waals surface area contributed by atoms with Gasteiger partial charge in [0.1, 0.15) is 17.3 Å². The summed E-state index contributed by atoms with van der Waals surface area (Å²) >= 11 is 0. The van der Waals surface area contributed by atoms with E-state index in [1.807, 2.05) is 44.2 Å². The van der Waals surface area contributed by atoms with Crippen LogP contribution in [-0.4, -0.2) is 37.0 Å². The van der Waals surface area contributed by atoms with Crippen LogP contribution < -0.4 is 10.1 Å². The van der Waals surface area contributed by atoms with Crippen LogP contribution in [-0.2, 0) is 4.79 Å². The lowest BCUT2D eigenvalue weighted by atomic mass is 10.1. The molecule has 1 saturated heterocycles. The highest BCUT2D eigenvalue weighted by Crippen LogP contribution is 2.26. The highest BCUT2D eigenvalue weighted by Gasteiger charge is 2.26. The summed E-state index contributed by atoms with van der Waals surface area (Å²) in [6.45, 7) is 8.67. The predicted molar refractivity (Wildman–Crippen MR) is 101 cm³/mol. The molecule has 1 N–H and O–H groups in total. The fraction of sp³-hybridized carbons (Fsp3) is 0.476. The van der Waals surface area contributed by atoms with Crippen LogP contribution in [0.3, 0.4) is 0 Å². The average Bonchev–Trinajstić information content (AvgIpc) is 3.29. The minimum absolute atomic E-state index is 0.0202. The van der Waals surface area contributed by atoms with Crippen LogP contribution in [0.2, 0.25) is 0 Å². The van der Waals surface area contributed by atoms with Gasteiger partial charge in [0.2, 0.25) is 0 Å². The van der Waals surface area contributed by atoms with Crippen molar-refractivity contribution in [3.63, 3.8) is 0 Å². The van der Waals surface area contributed by atoms with E-state index in [9.17, 15) is 4.79 Å². The number of hydrogen-bond acceptors (Lipinski definition) is 4. The maximum absolute atomic E-state index is 12.2. The molecule has 5 nitrogen and oxygen atoms in total. The number of carbonyl (C=O) groups is 1. The summed E-state index contributed by atoms with van der Waals surface area (Å²) < 4.78 is 11.4. The lowest BCUT2D eigenvalue weighted by Gasteiger charge is -2.26. The molecular formula is C21H28N2O3. The Balaban J connectivity index is 1.54. The first-order valence-corrected chi connectivity index (χ1v) is 9.30. The Labute approximate surface area is 155 Å². The van der Waals surface area contributed by atoms with Gasteiger partial charge in [-0.05, 0) is 82.1 Å². The summed E-state index contributed by atoms with van der Waals surface area (Å²) in [6.07, 6.45) is 2.39. The molecule has 1 aliphatic rings. The van der Waals surface area contributed by atoms with E-state index in [4.69, 9.17) is 9.15 Å². The second-order valence-electron chi connectivity index (χ2n) is 7.05. The van der Waals surface area contributed by atoms with Gasteiger partial charge in [-0.3, -0.25) is 9.69 Å². The zero-order valence-corrected chi connectivity index (χ0v) is 15.9. The van der Waals surface area contributed by atoms with Gasteiger partial charge in [0.25, 0.3) is 5.91 Å². The fourth-order valence-corrected chi connectivity index (χ4v) is 3.31. The molecule has 0 saturated carbocycles. The molecule has 1 amide bonds. The maximum Gasteiger partial charge on any atom is 0.258 e. The molecule has 0 aliphatic carbocycles. The monoisotopic (exact) mass is 356 g/mol. The van der Waals surface area contributed by atoms with Crippen LogP contribution in [0.4, 0.5) is 0 Å². The van der Waals surface area contributed by atoms with E-state index in [-0.39, 0.29) is 18.6 Å². The summed E-state index contributed by atoms with van der Waals surface area (Å²) in [5.74, 6) is 2.42. The molecule has 140 valence electrons. The molecule has 1 aromatic carbocycles. The summed E-state index contributed by atoms with van der Waals surface area (Å²) in [4.78, 5) is 14.6. The first-order valence-electron chi connectivity index (χ1n) is 9.30. The minimum Gasteiger partial charge on any atom is -0.484 e. The predicted octanol–water partition coefficient (Wildman–Crippen LogP) is 3.54. The topological polar surface area (TPSA) is 54.7 Å². The number of hydrogen-bond donors (Lipinski definition) is 1. The molecule has 3 rings (SSSR count). The number of nitrogens with one attached hydrogen (secondary N) is 1. The first kappa shape index (κ1) is 18.5. The van der Waals surface area contributed by atoms with E-state index in [2.05, 4.69) is 17.1 Å². The van der Waals surface area contributed by atoms with Crippen LogP contribution in [0.25, 0.3) is 0 Å². The van der Waals surface area contributed by atoms with Crippen molar-refractivity contribution in [1.29, 1.82) is 0 Å². The molecule has 0 radical (unpaired) electrons. The lowest BCUT2D eigenvalue weighted by Crippen LogP contribution is -2.38. The largest absolute Gasteiger partial charge is 0.484 e. The molecule has 1 fully saturated rings. The van der Waals surface area contributed by atoms with E-state index in [1.165, 1.54) is 18.4 Å². The van der Waals surface area contributed by atoms with Gasteiger partial charge < -0.3 is 14.5 Å². The molecule has 0 unspecified atom stereocenters. The Morgan fingerprint density at radius 1 is 1.15 bits per heavy atom. The second kappa shape index (κ2) is 8.41. The van der Waals surface area contributed by atoms with Crippen molar-refractivity contribution in [2.75, 3.05) is 26.2 Å². The Morgan fingerprint density at radius 2 is 1.92 bits per heavy atom. The number of rotatable bonds is 7. The normalized spacial score (nSPS) is 15.8. The SMILES string of the molecule is Cc1ccc([C@H](CNC(=O)COc2ccc(C)c(C)c2)N2CCCC2)o1. The van der Waals surface area contributed by atoms with Crippen molar-refractivity contribution >= 4 is 5.91 Å². The third-order valence-corrected chi connectivity index (χ3v) is 5.01. The van der Waals surface area contributed by atoms with Crippen LogP contribution in [0, 0.1) is 20.8 Å². The van der Waals surface area contributed by atoms with Crippen LogP contribution >= 0.6 is 0 Å². The summed E-state index contributed by atoms with van der Waals surface area (Å²) in [5, 5.41) is 3.00. The summed E-state index contributed by atoms with van der Waals surface area (Å²) in [6, 6.07) is 9.93. The molecule has 26 heavy (non-hydrogen) atoms. The zero-order chi connectivity index (χ0) is 18.5. The number of benzene rings is 1. The first-order chi connectivity index (χ1) is 12.5. The number of carbonyl (C=O) groups excluding carboxylic acids is 1. The number of furan rings is 1. The molecule has 1 aromatic heterocycles. The molecular weight excluding hydrogens is 328 g/mol. The van der Waals surface area contributed by atoms with Crippen molar-refractivity contribution in [3.05, 3.63) is 53.0 Å². The molecule has 2 aromatic rings. The Morgan fingerprint density at radius 3 is 2.58 bits per heavy atom. The number of aryl methyl sites for hydroxylation is 3. The standard InChI is InChI=1S/C21H28N2O3/c1-15-6-8-18(12-16(15)2)25-14-21(24)22-13-19(23-10-4-5-11-23)20-9-7-17(3)26-20/h6-9,12,19H,4-5,10-11,13-14H2,1-3H3,(H,22,24)/t19-/m0/s1. The van der Waals surface area contributed by atoms with Gasteiger partial charge in [-0.25, -0.2) is 0 Å². The Hall–Kier alpha value is -2.27. The minimum atomic E-state index is -0.115. The number of ether oxygens (including phenoxy) is 1. The highest BCUT2D eigenvalue weighted by atomic mass is 16.5. The smallest absolute Gasteiger partial charge is 0.258 e. The molecule has 1 atom stereocenters.